The highest BCUT2D eigenvalue weighted by Gasteiger charge is 2.29. The zero-order valence-corrected chi connectivity index (χ0v) is 15.6. The Labute approximate surface area is 153 Å². The van der Waals surface area contributed by atoms with Crippen LogP contribution in [0.1, 0.15) is 26.3 Å². The molecule has 6 nitrogen and oxygen atoms in total. The monoisotopic (exact) mass is 357 g/mol. The third-order valence-corrected chi connectivity index (χ3v) is 3.99. The van der Waals surface area contributed by atoms with Crippen molar-refractivity contribution in [2.75, 3.05) is 19.1 Å². The van der Waals surface area contributed by atoms with Crippen LogP contribution in [0.15, 0.2) is 53.9 Å². The minimum atomic E-state index is -0.720. The quantitative estimate of drug-likeness (QED) is 0.838. The Balaban J connectivity index is 2.73. The molecule has 1 heterocycles. The lowest BCUT2D eigenvalue weighted by Crippen LogP contribution is -2.27. The molecule has 0 radical (unpaired) electrons. The lowest BCUT2D eigenvalue weighted by molar-refractivity contribution is -0.139. The molecule has 0 unspecified atom stereocenters. The van der Waals surface area contributed by atoms with Crippen LogP contribution in [0.2, 0.25) is 0 Å². The van der Waals surface area contributed by atoms with E-state index >= 15 is 0 Å². The molecule has 6 heteroatoms. The van der Waals surface area contributed by atoms with Crippen molar-refractivity contribution in [2.24, 2.45) is 0 Å². The summed E-state index contributed by atoms with van der Waals surface area (Å²) in [5.41, 5.74) is 1.14. The number of esters is 2. The molecule has 138 valence electrons. The lowest BCUT2D eigenvalue weighted by Gasteiger charge is -2.26. The number of nitrogens with zero attached hydrogens (tertiary/aromatic N) is 1. The van der Waals surface area contributed by atoms with Crippen LogP contribution < -0.4 is 4.90 Å². The summed E-state index contributed by atoms with van der Waals surface area (Å²) in [6.45, 7) is 6.12. The average Bonchev–Trinajstić information content (AvgIpc) is 2.82. The molecular weight excluding hydrogens is 334 g/mol. The Bertz CT molecular complexity index is 812. The number of allylic oxidation sites excluding steroid dienone is 2. The number of aromatic hydroxyl groups is 1. The average molecular weight is 357 g/mol. The van der Waals surface area contributed by atoms with Crippen LogP contribution in [0.25, 0.3) is 0 Å². The van der Waals surface area contributed by atoms with Gasteiger partial charge in [0, 0.05) is 6.20 Å². The van der Waals surface area contributed by atoms with Gasteiger partial charge in [-0.15, -0.1) is 0 Å². The van der Waals surface area contributed by atoms with Gasteiger partial charge in [0.15, 0.2) is 0 Å². The van der Waals surface area contributed by atoms with Gasteiger partial charge in [0.2, 0.25) is 0 Å². The van der Waals surface area contributed by atoms with Crippen molar-refractivity contribution in [3.05, 3.63) is 59.5 Å². The molecule has 1 aliphatic heterocycles. The van der Waals surface area contributed by atoms with Crippen LogP contribution in [0.4, 0.5) is 5.69 Å². The number of anilines is 1. The second kappa shape index (κ2) is 7.47. The lowest BCUT2D eigenvalue weighted by atomic mass is 9.86. The van der Waals surface area contributed by atoms with Crippen molar-refractivity contribution >= 4 is 17.6 Å². The number of carbonyl (C=O) groups is 2. The van der Waals surface area contributed by atoms with E-state index in [0.717, 1.165) is 5.56 Å². The number of benzene rings is 1. The summed E-state index contributed by atoms with van der Waals surface area (Å²) < 4.78 is 9.65. The summed E-state index contributed by atoms with van der Waals surface area (Å²) in [6.07, 6.45) is 6.32. The van der Waals surface area contributed by atoms with Gasteiger partial charge in [-0.1, -0.05) is 32.9 Å². The van der Waals surface area contributed by atoms with Gasteiger partial charge < -0.3 is 19.5 Å². The first-order valence-corrected chi connectivity index (χ1v) is 8.09. The third kappa shape index (κ3) is 3.79. The summed E-state index contributed by atoms with van der Waals surface area (Å²) in [7, 11) is 2.46. The summed E-state index contributed by atoms with van der Waals surface area (Å²) in [6, 6.07) is 5.17. The zero-order valence-electron chi connectivity index (χ0n) is 15.6. The van der Waals surface area contributed by atoms with Crippen molar-refractivity contribution < 1.29 is 24.2 Å². The number of rotatable bonds is 3. The largest absolute Gasteiger partial charge is 0.506 e. The molecular formula is C20H23NO5. The summed E-state index contributed by atoms with van der Waals surface area (Å²) in [4.78, 5) is 26.1. The molecule has 26 heavy (non-hydrogen) atoms. The molecule has 1 aromatic rings. The van der Waals surface area contributed by atoms with Crippen LogP contribution in [0, 0.1) is 0 Å². The Morgan fingerprint density at radius 2 is 1.69 bits per heavy atom. The molecule has 1 aliphatic rings. The van der Waals surface area contributed by atoms with Crippen LogP contribution >= 0.6 is 0 Å². The fourth-order valence-electron chi connectivity index (χ4n) is 2.53. The number of methoxy groups -OCH3 is 2. The maximum Gasteiger partial charge on any atom is 0.355 e. The minimum absolute atomic E-state index is 0.0323. The number of hydrogen-bond acceptors (Lipinski definition) is 6. The van der Waals surface area contributed by atoms with E-state index in [1.54, 1.807) is 30.5 Å². The Morgan fingerprint density at radius 3 is 2.27 bits per heavy atom. The van der Waals surface area contributed by atoms with E-state index in [1.165, 1.54) is 25.2 Å². The number of ether oxygens (including phenoxy) is 2. The molecule has 0 amide bonds. The fraction of sp³-hybridized carbons (Fsp3) is 0.300. The highest BCUT2D eigenvalue weighted by molar-refractivity contribution is 6.05. The van der Waals surface area contributed by atoms with Gasteiger partial charge >= 0.3 is 11.9 Å². The van der Waals surface area contributed by atoms with E-state index in [4.69, 9.17) is 9.47 Å². The van der Waals surface area contributed by atoms with Crippen LogP contribution in [0.5, 0.6) is 5.75 Å². The SMILES string of the molecule is COC(=O)C1=C(C(=O)OC)N(c2cc(C(C)(C)C)ccc2O)C=CC=C1. The molecule has 0 saturated heterocycles. The molecule has 0 atom stereocenters. The smallest absolute Gasteiger partial charge is 0.355 e. The molecule has 0 saturated carbocycles. The Morgan fingerprint density at radius 1 is 1.04 bits per heavy atom. The minimum Gasteiger partial charge on any atom is -0.506 e. The van der Waals surface area contributed by atoms with E-state index in [0.29, 0.717) is 5.69 Å². The van der Waals surface area contributed by atoms with Crippen LogP contribution in [-0.2, 0) is 24.5 Å². The molecule has 2 rings (SSSR count). The molecule has 1 aromatic carbocycles. The first-order valence-electron chi connectivity index (χ1n) is 8.09. The van der Waals surface area contributed by atoms with Gasteiger partial charge in [0.25, 0.3) is 0 Å². The fourth-order valence-corrected chi connectivity index (χ4v) is 2.53. The van der Waals surface area contributed by atoms with E-state index in [-0.39, 0.29) is 22.4 Å². The highest BCUT2D eigenvalue weighted by Crippen LogP contribution is 2.36. The van der Waals surface area contributed by atoms with Gasteiger partial charge in [0.05, 0.1) is 25.5 Å². The van der Waals surface area contributed by atoms with Gasteiger partial charge in [-0.05, 0) is 35.3 Å². The van der Waals surface area contributed by atoms with Crippen molar-refractivity contribution in [1.82, 2.24) is 0 Å². The number of phenols is 1. The van der Waals surface area contributed by atoms with E-state index in [9.17, 15) is 14.7 Å². The predicted octanol–water partition coefficient (Wildman–Crippen LogP) is 3.18. The van der Waals surface area contributed by atoms with Crippen molar-refractivity contribution in [3.8, 4) is 5.75 Å². The zero-order chi connectivity index (χ0) is 19.5. The normalized spacial score (nSPS) is 14.3. The number of hydrogen-bond donors (Lipinski definition) is 1. The molecule has 0 spiro atoms. The Hall–Kier alpha value is -3.02. The first kappa shape index (κ1) is 19.3. The Kier molecular flexibility index (Phi) is 5.55. The molecule has 1 N–H and O–H groups in total. The topological polar surface area (TPSA) is 76.1 Å². The van der Waals surface area contributed by atoms with Gasteiger partial charge in [0.1, 0.15) is 11.4 Å². The predicted molar refractivity (Wildman–Crippen MR) is 98.6 cm³/mol. The van der Waals surface area contributed by atoms with Gasteiger partial charge in [-0.3, -0.25) is 0 Å². The number of phenolic OH excluding ortho intramolecular Hbond substituents is 1. The van der Waals surface area contributed by atoms with Gasteiger partial charge in [-0.2, -0.15) is 0 Å². The van der Waals surface area contributed by atoms with Crippen molar-refractivity contribution in [2.45, 2.75) is 26.2 Å². The van der Waals surface area contributed by atoms with E-state index < -0.39 is 11.9 Å². The summed E-state index contributed by atoms with van der Waals surface area (Å²) in [5, 5.41) is 10.4. The van der Waals surface area contributed by atoms with E-state index in [1.807, 2.05) is 26.8 Å². The summed E-state index contributed by atoms with van der Waals surface area (Å²) >= 11 is 0. The maximum absolute atomic E-state index is 12.4. The molecule has 0 bridgehead atoms. The molecule has 0 aromatic heterocycles. The second-order valence-electron chi connectivity index (χ2n) is 6.77. The molecule has 0 fully saturated rings. The van der Waals surface area contributed by atoms with Gasteiger partial charge in [-0.25, -0.2) is 9.59 Å². The second-order valence-corrected chi connectivity index (χ2v) is 6.77. The summed E-state index contributed by atoms with van der Waals surface area (Å²) in [5.74, 6) is -1.43. The van der Waals surface area contributed by atoms with Crippen molar-refractivity contribution in [1.29, 1.82) is 0 Å². The standard InChI is InChI=1S/C20H23NO5/c1-20(2,3)13-9-10-16(22)15(12-13)21-11-7-6-8-14(18(23)25-4)17(21)19(24)26-5/h6-12,22H,1-5H3. The third-order valence-electron chi connectivity index (χ3n) is 3.99. The maximum atomic E-state index is 12.4. The van der Waals surface area contributed by atoms with Crippen LogP contribution in [0.3, 0.4) is 0 Å². The van der Waals surface area contributed by atoms with Crippen LogP contribution in [-0.4, -0.2) is 31.3 Å². The molecule has 0 aliphatic carbocycles. The van der Waals surface area contributed by atoms with Crippen molar-refractivity contribution in [3.63, 3.8) is 0 Å². The first-order chi connectivity index (χ1) is 12.2. The number of carbonyl (C=O) groups excluding carboxylic acids is 2. The highest BCUT2D eigenvalue weighted by atomic mass is 16.5. The van der Waals surface area contributed by atoms with E-state index in [2.05, 4.69) is 0 Å².